The summed E-state index contributed by atoms with van der Waals surface area (Å²) in [5, 5.41) is 13.0. The molecular weight excluding hydrogens is 272 g/mol. The van der Waals surface area contributed by atoms with Gasteiger partial charge in [0.05, 0.1) is 12.0 Å². The van der Waals surface area contributed by atoms with Crippen LogP contribution in [0.2, 0.25) is 0 Å². The van der Waals surface area contributed by atoms with Crippen molar-refractivity contribution in [2.75, 3.05) is 13.1 Å². The Morgan fingerprint density at radius 3 is 3.14 bits per heavy atom. The lowest BCUT2D eigenvalue weighted by atomic mass is 9.95. The van der Waals surface area contributed by atoms with Gasteiger partial charge in [0.1, 0.15) is 0 Å². The molecule has 0 spiro atoms. The lowest BCUT2D eigenvalue weighted by Crippen LogP contribution is -2.35. The van der Waals surface area contributed by atoms with Crippen LogP contribution in [0.1, 0.15) is 25.0 Å². The number of hydrogen-bond acceptors (Lipinski definition) is 5. The number of nitrogens with zero attached hydrogens (tertiary/aromatic N) is 2. The normalized spacial score (nSPS) is 19.7. The molecule has 6 nitrogen and oxygen atoms in total. The van der Waals surface area contributed by atoms with Crippen molar-refractivity contribution in [3.63, 3.8) is 0 Å². The number of furan rings is 1. The van der Waals surface area contributed by atoms with Crippen LogP contribution in [-0.2, 0) is 11.3 Å². The zero-order valence-corrected chi connectivity index (χ0v) is 11.7. The first-order valence-electron chi connectivity index (χ1n) is 7.14. The molecule has 3 heterocycles. The topological polar surface area (TPSA) is 79.7 Å². The molecule has 1 aliphatic rings. The highest BCUT2D eigenvalue weighted by atomic mass is 16.5. The molecule has 0 aromatic carbocycles. The Hall–Kier alpha value is -2.08. The SMILES string of the molecule is O=C(O)CC1CCCN(Cc2cc(-c3ccco3)on2)C1. The number of hydrogen-bond donors (Lipinski definition) is 1. The van der Waals surface area contributed by atoms with Gasteiger partial charge in [-0.2, -0.15) is 0 Å². The largest absolute Gasteiger partial charge is 0.481 e. The first kappa shape index (κ1) is 13.9. The zero-order valence-electron chi connectivity index (χ0n) is 11.7. The molecule has 1 atom stereocenters. The average Bonchev–Trinajstić information content (AvgIpc) is 3.08. The molecule has 0 amide bonds. The minimum absolute atomic E-state index is 0.229. The van der Waals surface area contributed by atoms with Gasteiger partial charge < -0.3 is 14.0 Å². The van der Waals surface area contributed by atoms with E-state index in [4.69, 9.17) is 14.0 Å². The molecule has 1 unspecified atom stereocenters. The molecule has 21 heavy (non-hydrogen) atoms. The number of rotatable bonds is 5. The van der Waals surface area contributed by atoms with Crippen LogP contribution < -0.4 is 0 Å². The Morgan fingerprint density at radius 2 is 2.38 bits per heavy atom. The van der Waals surface area contributed by atoms with Gasteiger partial charge in [-0.3, -0.25) is 9.69 Å². The second-order valence-electron chi connectivity index (χ2n) is 5.50. The van der Waals surface area contributed by atoms with Crippen molar-refractivity contribution >= 4 is 5.97 Å². The van der Waals surface area contributed by atoms with Gasteiger partial charge in [-0.15, -0.1) is 0 Å². The number of piperidine rings is 1. The van der Waals surface area contributed by atoms with Crippen molar-refractivity contribution in [2.45, 2.75) is 25.8 Å². The van der Waals surface area contributed by atoms with E-state index in [0.29, 0.717) is 18.1 Å². The molecule has 3 rings (SSSR count). The van der Waals surface area contributed by atoms with Gasteiger partial charge in [-0.25, -0.2) is 0 Å². The van der Waals surface area contributed by atoms with Crippen LogP contribution in [0.25, 0.3) is 11.5 Å². The van der Waals surface area contributed by atoms with Gasteiger partial charge >= 0.3 is 5.97 Å². The Labute approximate surface area is 122 Å². The van der Waals surface area contributed by atoms with Gasteiger partial charge in [0.15, 0.2) is 5.76 Å². The first-order chi connectivity index (χ1) is 10.2. The van der Waals surface area contributed by atoms with Gasteiger partial charge in [-0.05, 0) is 37.4 Å². The van der Waals surface area contributed by atoms with Crippen molar-refractivity contribution in [1.82, 2.24) is 10.1 Å². The lowest BCUT2D eigenvalue weighted by Gasteiger charge is -2.31. The molecular formula is C15H18N2O4. The van der Waals surface area contributed by atoms with Crippen LogP contribution in [0.5, 0.6) is 0 Å². The lowest BCUT2D eigenvalue weighted by molar-refractivity contribution is -0.138. The molecule has 1 N–H and O–H groups in total. The summed E-state index contributed by atoms with van der Waals surface area (Å²) in [6, 6.07) is 5.51. The van der Waals surface area contributed by atoms with Crippen molar-refractivity contribution in [2.24, 2.45) is 5.92 Å². The third kappa shape index (κ3) is 3.52. The van der Waals surface area contributed by atoms with Crippen LogP contribution in [0.15, 0.2) is 33.4 Å². The second kappa shape index (κ2) is 6.13. The summed E-state index contributed by atoms with van der Waals surface area (Å²) < 4.78 is 10.5. The Bertz CT molecular complexity index is 591. The van der Waals surface area contributed by atoms with E-state index in [1.807, 2.05) is 12.1 Å². The Balaban J connectivity index is 1.60. The molecule has 6 heteroatoms. The molecule has 112 valence electrons. The van der Waals surface area contributed by atoms with Crippen LogP contribution in [0.3, 0.4) is 0 Å². The highest BCUT2D eigenvalue weighted by molar-refractivity contribution is 5.67. The maximum atomic E-state index is 10.8. The third-order valence-electron chi connectivity index (χ3n) is 3.77. The molecule has 0 bridgehead atoms. The predicted molar refractivity (Wildman–Crippen MR) is 74.5 cm³/mol. The number of carboxylic acid groups (broad SMARTS) is 1. The minimum Gasteiger partial charge on any atom is -0.481 e. The Kier molecular flexibility index (Phi) is 4.06. The molecule has 2 aromatic heterocycles. The highest BCUT2D eigenvalue weighted by Crippen LogP contribution is 2.24. The van der Waals surface area contributed by atoms with Crippen LogP contribution in [-0.4, -0.2) is 34.2 Å². The number of likely N-dealkylation sites (tertiary alicyclic amines) is 1. The fraction of sp³-hybridized carbons (Fsp3) is 0.467. The number of aliphatic carboxylic acids is 1. The summed E-state index contributed by atoms with van der Waals surface area (Å²) in [6.45, 7) is 2.45. The van der Waals surface area contributed by atoms with E-state index >= 15 is 0 Å². The smallest absolute Gasteiger partial charge is 0.303 e. The molecule has 1 saturated heterocycles. The molecule has 2 aromatic rings. The van der Waals surface area contributed by atoms with Gasteiger partial charge in [0.25, 0.3) is 0 Å². The molecule has 0 saturated carbocycles. The van der Waals surface area contributed by atoms with E-state index in [1.54, 1.807) is 12.3 Å². The van der Waals surface area contributed by atoms with Crippen molar-refractivity contribution in [3.8, 4) is 11.5 Å². The van der Waals surface area contributed by atoms with Crippen molar-refractivity contribution in [3.05, 3.63) is 30.2 Å². The average molecular weight is 290 g/mol. The van der Waals surface area contributed by atoms with Crippen molar-refractivity contribution < 1.29 is 18.8 Å². The molecule has 0 aliphatic carbocycles. The molecule has 1 aliphatic heterocycles. The first-order valence-corrected chi connectivity index (χ1v) is 7.14. The van der Waals surface area contributed by atoms with Crippen molar-refractivity contribution in [1.29, 1.82) is 0 Å². The number of carboxylic acids is 1. The summed E-state index contributed by atoms with van der Waals surface area (Å²) in [4.78, 5) is 13.0. The standard InChI is InChI=1S/C15H18N2O4/c18-15(19)7-11-3-1-5-17(9-11)10-12-8-14(21-16-12)13-4-2-6-20-13/h2,4,6,8,11H,1,3,5,7,9-10H2,(H,18,19). The summed E-state index contributed by atoms with van der Waals surface area (Å²) in [6.07, 6.45) is 3.85. The highest BCUT2D eigenvalue weighted by Gasteiger charge is 2.23. The molecule has 1 fully saturated rings. The van der Waals surface area contributed by atoms with Crippen LogP contribution in [0, 0.1) is 5.92 Å². The van der Waals surface area contributed by atoms with E-state index in [1.165, 1.54) is 0 Å². The summed E-state index contributed by atoms with van der Waals surface area (Å²) in [5.41, 5.74) is 0.845. The summed E-state index contributed by atoms with van der Waals surface area (Å²) in [7, 11) is 0. The van der Waals surface area contributed by atoms with E-state index < -0.39 is 5.97 Å². The summed E-state index contributed by atoms with van der Waals surface area (Å²) in [5.74, 6) is 0.793. The van der Waals surface area contributed by atoms with Crippen LogP contribution in [0.4, 0.5) is 0 Å². The fourth-order valence-corrected chi connectivity index (χ4v) is 2.86. The van der Waals surface area contributed by atoms with Gasteiger partial charge in [0.2, 0.25) is 5.76 Å². The summed E-state index contributed by atoms with van der Waals surface area (Å²) >= 11 is 0. The maximum Gasteiger partial charge on any atom is 0.303 e. The zero-order chi connectivity index (χ0) is 14.7. The third-order valence-corrected chi connectivity index (χ3v) is 3.77. The predicted octanol–water partition coefficient (Wildman–Crippen LogP) is 2.62. The number of carbonyl (C=O) groups is 1. The van der Waals surface area contributed by atoms with E-state index in [-0.39, 0.29) is 12.3 Å². The monoisotopic (exact) mass is 290 g/mol. The molecule has 0 radical (unpaired) electrons. The quantitative estimate of drug-likeness (QED) is 0.911. The van der Waals surface area contributed by atoms with E-state index in [0.717, 1.165) is 31.6 Å². The van der Waals surface area contributed by atoms with E-state index in [2.05, 4.69) is 10.1 Å². The number of aromatic nitrogens is 1. The van der Waals surface area contributed by atoms with E-state index in [9.17, 15) is 4.79 Å². The Morgan fingerprint density at radius 1 is 1.48 bits per heavy atom. The minimum atomic E-state index is -0.719. The second-order valence-corrected chi connectivity index (χ2v) is 5.50. The maximum absolute atomic E-state index is 10.8. The fourth-order valence-electron chi connectivity index (χ4n) is 2.86. The van der Waals surface area contributed by atoms with Crippen LogP contribution >= 0.6 is 0 Å². The van der Waals surface area contributed by atoms with Gasteiger partial charge in [-0.1, -0.05) is 5.16 Å². The van der Waals surface area contributed by atoms with Gasteiger partial charge in [0, 0.05) is 25.6 Å².